The van der Waals surface area contributed by atoms with Crippen molar-refractivity contribution in [3.63, 3.8) is 0 Å². The van der Waals surface area contributed by atoms with Crippen LogP contribution in [0.15, 0.2) is 59.6 Å². The van der Waals surface area contributed by atoms with Gasteiger partial charge in [-0.15, -0.1) is 0 Å². The smallest absolute Gasteiger partial charge is 0.239 e. The van der Waals surface area contributed by atoms with Crippen molar-refractivity contribution >= 4 is 17.6 Å². The standard InChI is InChI=1S/C25H35N5O/c1-4-25(5-2,21-9-7-6-8-10-21)19-29-24(26-3)28-17-20-11-13-22(14-12-20)30-16-15-27-23(31)18-30/h6-14H,4-5,15-19H2,1-3H3,(H,27,31)(H2,26,28,29). The molecule has 0 spiro atoms. The van der Waals surface area contributed by atoms with Gasteiger partial charge < -0.3 is 20.9 Å². The van der Waals surface area contributed by atoms with Gasteiger partial charge in [-0.1, -0.05) is 56.3 Å². The minimum atomic E-state index is 0.0811. The predicted molar refractivity (Wildman–Crippen MR) is 129 cm³/mol. The van der Waals surface area contributed by atoms with Gasteiger partial charge in [0.15, 0.2) is 5.96 Å². The summed E-state index contributed by atoms with van der Waals surface area (Å²) in [5.41, 5.74) is 3.71. The number of hydrogen-bond donors (Lipinski definition) is 3. The Bertz CT molecular complexity index is 859. The second-order valence-electron chi connectivity index (χ2n) is 8.07. The zero-order valence-electron chi connectivity index (χ0n) is 18.9. The third kappa shape index (κ3) is 5.78. The molecule has 31 heavy (non-hydrogen) atoms. The summed E-state index contributed by atoms with van der Waals surface area (Å²) in [5, 5.41) is 9.82. The van der Waals surface area contributed by atoms with Crippen molar-refractivity contribution in [2.24, 2.45) is 4.99 Å². The van der Waals surface area contributed by atoms with E-state index in [2.05, 4.69) is 94.3 Å². The Morgan fingerprint density at radius 3 is 2.39 bits per heavy atom. The van der Waals surface area contributed by atoms with Crippen LogP contribution < -0.4 is 20.9 Å². The van der Waals surface area contributed by atoms with E-state index in [1.807, 2.05) is 7.05 Å². The molecule has 6 nitrogen and oxygen atoms in total. The van der Waals surface area contributed by atoms with Gasteiger partial charge in [-0.05, 0) is 36.1 Å². The first-order chi connectivity index (χ1) is 15.1. The third-order valence-corrected chi connectivity index (χ3v) is 6.36. The minimum Gasteiger partial charge on any atom is -0.360 e. The number of rotatable bonds is 8. The van der Waals surface area contributed by atoms with Gasteiger partial charge in [-0.3, -0.25) is 9.79 Å². The van der Waals surface area contributed by atoms with E-state index in [0.29, 0.717) is 19.6 Å². The van der Waals surface area contributed by atoms with Crippen LogP contribution in [0.2, 0.25) is 0 Å². The summed E-state index contributed by atoms with van der Waals surface area (Å²) < 4.78 is 0. The molecular formula is C25H35N5O. The molecule has 0 aromatic heterocycles. The molecule has 166 valence electrons. The van der Waals surface area contributed by atoms with Crippen molar-refractivity contribution in [2.75, 3.05) is 38.1 Å². The lowest BCUT2D eigenvalue weighted by Gasteiger charge is -2.33. The second kappa shape index (κ2) is 10.8. The quantitative estimate of drug-likeness (QED) is 0.453. The molecular weight excluding hydrogens is 386 g/mol. The van der Waals surface area contributed by atoms with E-state index in [4.69, 9.17) is 0 Å². The van der Waals surface area contributed by atoms with Crippen LogP contribution in [0.4, 0.5) is 5.69 Å². The van der Waals surface area contributed by atoms with Crippen LogP contribution in [0.5, 0.6) is 0 Å². The number of guanidine groups is 1. The first kappa shape index (κ1) is 22.7. The molecule has 0 saturated carbocycles. The van der Waals surface area contributed by atoms with E-state index in [1.54, 1.807) is 0 Å². The Kier molecular flexibility index (Phi) is 7.93. The monoisotopic (exact) mass is 421 g/mol. The number of carbonyl (C=O) groups excluding carboxylic acids is 1. The lowest BCUT2D eigenvalue weighted by molar-refractivity contribution is -0.120. The molecule has 0 unspecified atom stereocenters. The number of nitrogens with one attached hydrogen (secondary N) is 3. The van der Waals surface area contributed by atoms with Gasteiger partial charge in [0.05, 0.1) is 6.54 Å². The lowest BCUT2D eigenvalue weighted by Crippen LogP contribution is -2.47. The van der Waals surface area contributed by atoms with Gasteiger partial charge in [-0.2, -0.15) is 0 Å². The van der Waals surface area contributed by atoms with Gasteiger partial charge in [0, 0.05) is 44.3 Å². The Labute approximate surface area is 186 Å². The third-order valence-electron chi connectivity index (χ3n) is 6.36. The summed E-state index contributed by atoms with van der Waals surface area (Å²) >= 11 is 0. The molecule has 0 radical (unpaired) electrons. The first-order valence-corrected chi connectivity index (χ1v) is 11.2. The van der Waals surface area contributed by atoms with Gasteiger partial charge in [0.2, 0.25) is 5.91 Å². The Morgan fingerprint density at radius 2 is 1.77 bits per heavy atom. The summed E-state index contributed by atoms with van der Waals surface area (Å²) in [7, 11) is 1.81. The Balaban J connectivity index is 1.56. The van der Waals surface area contributed by atoms with E-state index in [9.17, 15) is 4.79 Å². The molecule has 1 amide bonds. The molecule has 3 N–H and O–H groups in total. The highest BCUT2D eigenvalue weighted by Gasteiger charge is 2.28. The molecule has 2 aromatic rings. The first-order valence-electron chi connectivity index (χ1n) is 11.2. The number of hydrogen-bond acceptors (Lipinski definition) is 3. The molecule has 1 aliphatic rings. The average molecular weight is 422 g/mol. The normalized spacial score (nSPS) is 14.9. The molecule has 3 rings (SSSR count). The van der Waals surface area contributed by atoms with Crippen LogP contribution in [-0.4, -0.2) is 45.1 Å². The number of benzene rings is 2. The fraction of sp³-hybridized carbons (Fsp3) is 0.440. The molecule has 1 aliphatic heterocycles. The minimum absolute atomic E-state index is 0.0811. The zero-order chi connectivity index (χ0) is 22.1. The van der Waals surface area contributed by atoms with Crippen molar-refractivity contribution in [3.05, 3.63) is 65.7 Å². The van der Waals surface area contributed by atoms with Crippen LogP contribution in [0.1, 0.15) is 37.8 Å². The van der Waals surface area contributed by atoms with Crippen LogP contribution in [0.3, 0.4) is 0 Å². The number of nitrogens with zero attached hydrogens (tertiary/aromatic N) is 2. The summed E-state index contributed by atoms with van der Waals surface area (Å²) in [6.07, 6.45) is 2.13. The fourth-order valence-corrected chi connectivity index (χ4v) is 4.14. The highest BCUT2D eigenvalue weighted by atomic mass is 16.2. The van der Waals surface area contributed by atoms with E-state index in [1.165, 1.54) is 11.1 Å². The van der Waals surface area contributed by atoms with E-state index < -0.39 is 0 Å². The largest absolute Gasteiger partial charge is 0.360 e. The summed E-state index contributed by atoms with van der Waals surface area (Å²) in [4.78, 5) is 18.1. The van der Waals surface area contributed by atoms with Gasteiger partial charge in [0.1, 0.15) is 0 Å². The fourth-order valence-electron chi connectivity index (χ4n) is 4.14. The van der Waals surface area contributed by atoms with Gasteiger partial charge >= 0.3 is 0 Å². The number of anilines is 1. The van der Waals surface area contributed by atoms with Crippen molar-refractivity contribution in [1.82, 2.24) is 16.0 Å². The van der Waals surface area contributed by atoms with Gasteiger partial charge in [-0.25, -0.2) is 0 Å². The SMILES string of the molecule is CCC(CC)(CNC(=NC)NCc1ccc(N2CCNC(=O)C2)cc1)c1ccccc1. The highest BCUT2D eigenvalue weighted by Crippen LogP contribution is 2.30. The average Bonchev–Trinajstić information content (AvgIpc) is 2.83. The van der Waals surface area contributed by atoms with Crippen LogP contribution in [0.25, 0.3) is 0 Å². The molecule has 0 atom stereocenters. The van der Waals surface area contributed by atoms with E-state index >= 15 is 0 Å². The Morgan fingerprint density at radius 1 is 1.06 bits per heavy atom. The number of piperazine rings is 1. The summed E-state index contributed by atoms with van der Waals surface area (Å²) in [6, 6.07) is 19.1. The van der Waals surface area contributed by atoms with Crippen LogP contribution in [-0.2, 0) is 16.8 Å². The zero-order valence-corrected chi connectivity index (χ0v) is 18.9. The van der Waals surface area contributed by atoms with Crippen molar-refractivity contribution < 1.29 is 4.79 Å². The maximum absolute atomic E-state index is 11.6. The number of amides is 1. The predicted octanol–water partition coefficient (Wildman–Crippen LogP) is 3.05. The molecule has 0 aliphatic carbocycles. The topological polar surface area (TPSA) is 68.8 Å². The summed E-state index contributed by atoms with van der Waals surface area (Å²) in [6.45, 7) is 7.99. The maximum atomic E-state index is 11.6. The lowest BCUT2D eigenvalue weighted by atomic mass is 9.76. The molecule has 1 heterocycles. The maximum Gasteiger partial charge on any atom is 0.239 e. The molecule has 1 fully saturated rings. The molecule has 2 aromatic carbocycles. The van der Waals surface area contributed by atoms with Crippen LogP contribution in [0, 0.1) is 0 Å². The van der Waals surface area contributed by atoms with Gasteiger partial charge in [0.25, 0.3) is 0 Å². The van der Waals surface area contributed by atoms with Crippen LogP contribution >= 0.6 is 0 Å². The van der Waals surface area contributed by atoms with E-state index in [0.717, 1.165) is 37.6 Å². The number of aliphatic imine (C=N–C) groups is 1. The second-order valence-corrected chi connectivity index (χ2v) is 8.07. The summed E-state index contributed by atoms with van der Waals surface area (Å²) in [5.74, 6) is 0.886. The van der Waals surface area contributed by atoms with Crippen molar-refractivity contribution in [3.8, 4) is 0 Å². The highest BCUT2D eigenvalue weighted by molar-refractivity contribution is 5.82. The molecule has 6 heteroatoms. The molecule has 0 bridgehead atoms. The number of carbonyl (C=O) groups is 1. The molecule has 1 saturated heterocycles. The van der Waals surface area contributed by atoms with Crippen molar-refractivity contribution in [1.29, 1.82) is 0 Å². The van der Waals surface area contributed by atoms with Crippen molar-refractivity contribution in [2.45, 2.75) is 38.6 Å². The Hall–Kier alpha value is -3.02. The van der Waals surface area contributed by atoms with E-state index in [-0.39, 0.29) is 11.3 Å².